The Hall–Kier alpha value is -6.86. The van der Waals surface area contributed by atoms with Crippen LogP contribution in [-0.2, 0) is 0 Å². The van der Waals surface area contributed by atoms with Gasteiger partial charge in [-0.15, -0.1) is 0 Å². The first-order valence-electron chi connectivity index (χ1n) is 17.1. The van der Waals surface area contributed by atoms with E-state index in [1.807, 2.05) is 36.7 Å². The molecule has 240 valence electrons. The van der Waals surface area contributed by atoms with Crippen LogP contribution in [0.25, 0.3) is 88.1 Å². The van der Waals surface area contributed by atoms with Crippen molar-refractivity contribution in [3.05, 3.63) is 145 Å². The van der Waals surface area contributed by atoms with Crippen molar-refractivity contribution in [2.45, 2.75) is 13.8 Å². The Morgan fingerprint density at radius 2 is 1.06 bits per heavy atom. The van der Waals surface area contributed by atoms with Gasteiger partial charge < -0.3 is 4.74 Å². The number of aromatic nitrogens is 6. The van der Waals surface area contributed by atoms with Gasteiger partial charge in [-0.25, -0.2) is 15.0 Å². The predicted molar refractivity (Wildman–Crippen MR) is 206 cm³/mol. The molecule has 0 aliphatic carbocycles. The van der Waals surface area contributed by atoms with E-state index < -0.39 is 0 Å². The number of rotatable bonds is 3. The molecule has 51 heavy (non-hydrogen) atoms. The van der Waals surface area contributed by atoms with Crippen LogP contribution in [0.15, 0.2) is 134 Å². The van der Waals surface area contributed by atoms with Crippen molar-refractivity contribution in [3.8, 4) is 22.8 Å². The molecule has 11 rings (SSSR count). The first kappa shape index (κ1) is 28.0. The van der Waals surface area contributed by atoms with Crippen molar-refractivity contribution >= 4 is 76.8 Å². The molecule has 0 saturated carbocycles. The van der Waals surface area contributed by atoms with E-state index in [9.17, 15) is 0 Å². The molecule has 6 aromatic heterocycles. The van der Waals surface area contributed by atoms with E-state index in [2.05, 4.69) is 125 Å². The maximum Gasteiger partial charge on any atom is 0.147 e. The van der Waals surface area contributed by atoms with Crippen molar-refractivity contribution in [2.75, 3.05) is 0 Å². The van der Waals surface area contributed by atoms with Gasteiger partial charge in [0.1, 0.15) is 28.4 Å². The summed E-state index contributed by atoms with van der Waals surface area (Å²) in [4.78, 5) is 20.0. The Morgan fingerprint density at radius 3 is 1.76 bits per heavy atom. The average molecular weight is 657 g/mol. The van der Waals surface area contributed by atoms with Gasteiger partial charge in [0.25, 0.3) is 0 Å². The number of pyridine rings is 4. The SMILES string of the molecule is Cc1cccc(C)c1-c1ccc2c3ccc(Oc4ccc5c6cnccc6n6c7ccccc7nc6c5c4)cc3c3nc4ccccc4n3c2n1. The summed E-state index contributed by atoms with van der Waals surface area (Å²) in [5, 5.41) is 6.28. The quantitative estimate of drug-likeness (QED) is 0.177. The Kier molecular flexibility index (Phi) is 5.67. The summed E-state index contributed by atoms with van der Waals surface area (Å²) in [7, 11) is 0. The predicted octanol–water partition coefficient (Wildman–Crippen LogP) is 10.8. The highest BCUT2D eigenvalue weighted by Crippen LogP contribution is 2.38. The third-order valence-electron chi connectivity index (χ3n) is 10.3. The van der Waals surface area contributed by atoms with Crippen molar-refractivity contribution in [2.24, 2.45) is 0 Å². The lowest BCUT2D eigenvalue weighted by atomic mass is 9.99. The number of hydrogen-bond donors (Lipinski definition) is 0. The van der Waals surface area contributed by atoms with Crippen LogP contribution in [0, 0.1) is 13.8 Å². The zero-order valence-corrected chi connectivity index (χ0v) is 27.8. The monoisotopic (exact) mass is 656 g/mol. The van der Waals surface area contributed by atoms with Crippen molar-refractivity contribution in [1.82, 2.24) is 28.7 Å². The molecular formula is C44H28N6O. The van der Waals surface area contributed by atoms with E-state index in [4.69, 9.17) is 19.7 Å². The van der Waals surface area contributed by atoms with E-state index in [-0.39, 0.29) is 0 Å². The van der Waals surface area contributed by atoms with Crippen molar-refractivity contribution in [3.63, 3.8) is 0 Å². The fourth-order valence-corrected chi connectivity index (χ4v) is 8.00. The second-order valence-electron chi connectivity index (χ2n) is 13.3. The largest absolute Gasteiger partial charge is 0.457 e. The summed E-state index contributed by atoms with van der Waals surface area (Å²) in [6.07, 6.45) is 3.77. The Bertz CT molecular complexity index is 3250. The molecule has 0 amide bonds. The standard InChI is InChI=1S/C44H28N6O/c1-25-8-7-9-26(2)41(25)37-19-18-31-29-16-14-27(22-32(29)44-47-36-11-4-6-13-40(36)50(44)42(31)48-37)51-28-15-17-30-33(23-28)43-46-35-10-3-5-12-39(35)49(43)38-20-21-45-24-34(30)38/h3-24H,1-2H3. The number of ether oxygens (including phenoxy) is 1. The molecule has 7 nitrogen and oxygen atoms in total. The van der Waals surface area contributed by atoms with Crippen LogP contribution in [0.5, 0.6) is 11.5 Å². The zero-order chi connectivity index (χ0) is 33.8. The van der Waals surface area contributed by atoms with Gasteiger partial charge in [-0.3, -0.25) is 13.8 Å². The van der Waals surface area contributed by atoms with Crippen LogP contribution in [-0.4, -0.2) is 28.7 Å². The van der Waals surface area contributed by atoms with Crippen LogP contribution < -0.4 is 4.74 Å². The normalized spacial score (nSPS) is 12.1. The van der Waals surface area contributed by atoms with E-state index in [0.29, 0.717) is 0 Å². The van der Waals surface area contributed by atoms with Crippen LogP contribution in [0.4, 0.5) is 0 Å². The van der Waals surface area contributed by atoms with Gasteiger partial charge in [-0.1, -0.05) is 42.5 Å². The minimum Gasteiger partial charge on any atom is -0.457 e. The molecule has 0 unspecified atom stereocenters. The molecule has 0 spiro atoms. The lowest BCUT2D eigenvalue weighted by molar-refractivity contribution is 0.484. The van der Waals surface area contributed by atoms with E-state index in [0.717, 1.165) is 94.0 Å². The summed E-state index contributed by atoms with van der Waals surface area (Å²) in [6, 6.07) is 41.8. The number of aryl methyl sites for hydroxylation is 2. The topological polar surface area (TPSA) is 69.6 Å². The van der Waals surface area contributed by atoms with Crippen LogP contribution in [0.3, 0.4) is 0 Å². The highest BCUT2D eigenvalue weighted by atomic mass is 16.5. The van der Waals surface area contributed by atoms with Crippen molar-refractivity contribution < 1.29 is 4.74 Å². The van der Waals surface area contributed by atoms with Gasteiger partial charge in [0.15, 0.2) is 0 Å². The highest BCUT2D eigenvalue weighted by molar-refractivity contribution is 6.15. The molecule has 0 aliphatic rings. The smallest absolute Gasteiger partial charge is 0.147 e. The van der Waals surface area contributed by atoms with Crippen molar-refractivity contribution in [1.29, 1.82) is 0 Å². The minimum atomic E-state index is 0.724. The number of para-hydroxylation sites is 4. The zero-order valence-electron chi connectivity index (χ0n) is 27.8. The van der Waals surface area contributed by atoms with Gasteiger partial charge in [-0.05, 0) is 115 Å². The number of hydrogen-bond acceptors (Lipinski definition) is 5. The summed E-state index contributed by atoms with van der Waals surface area (Å²) >= 11 is 0. The summed E-state index contributed by atoms with van der Waals surface area (Å²) in [6.45, 7) is 4.29. The molecule has 7 heteroatoms. The molecule has 6 heterocycles. The summed E-state index contributed by atoms with van der Waals surface area (Å²) in [5.74, 6) is 1.45. The fourth-order valence-electron chi connectivity index (χ4n) is 8.00. The van der Waals surface area contributed by atoms with Crippen LogP contribution in [0.2, 0.25) is 0 Å². The molecule has 0 fully saturated rings. The third-order valence-corrected chi connectivity index (χ3v) is 10.3. The average Bonchev–Trinajstić information content (AvgIpc) is 3.75. The Labute approximate surface area is 291 Å². The Morgan fingerprint density at radius 1 is 0.471 bits per heavy atom. The molecule has 0 radical (unpaired) electrons. The summed E-state index contributed by atoms with van der Waals surface area (Å²) in [5.41, 5.74) is 12.2. The second kappa shape index (κ2) is 10.3. The molecular weight excluding hydrogens is 629 g/mol. The number of fused-ring (bicyclic) bond motifs is 16. The first-order chi connectivity index (χ1) is 25.1. The van der Waals surface area contributed by atoms with E-state index in [1.165, 1.54) is 16.7 Å². The third kappa shape index (κ3) is 4.00. The molecule has 0 aliphatic heterocycles. The molecule has 11 aromatic rings. The van der Waals surface area contributed by atoms with E-state index >= 15 is 0 Å². The Balaban J connectivity index is 1.12. The van der Waals surface area contributed by atoms with Crippen LogP contribution in [0.1, 0.15) is 11.1 Å². The molecule has 0 bridgehead atoms. The van der Waals surface area contributed by atoms with Gasteiger partial charge in [0.05, 0.1) is 33.3 Å². The minimum absolute atomic E-state index is 0.724. The maximum absolute atomic E-state index is 6.66. The lowest BCUT2D eigenvalue weighted by Crippen LogP contribution is -1.98. The molecule has 0 atom stereocenters. The van der Waals surface area contributed by atoms with Gasteiger partial charge in [-0.2, -0.15) is 0 Å². The van der Waals surface area contributed by atoms with Gasteiger partial charge >= 0.3 is 0 Å². The maximum atomic E-state index is 6.66. The van der Waals surface area contributed by atoms with Gasteiger partial charge in [0.2, 0.25) is 0 Å². The highest BCUT2D eigenvalue weighted by Gasteiger charge is 2.19. The lowest BCUT2D eigenvalue weighted by Gasteiger charge is -2.14. The van der Waals surface area contributed by atoms with E-state index in [1.54, 1.807) is 0 Å². The number of benzene rings is 5. The summed E-state index contributed by atoms with van der Waals surface area (Å²) < 4.78 is 11.1. The first-order valence-corrected chi connectivity index (χ1v) is 17.1. The van der Waals surface area contributed by atoms with Gasteiger partial charge in [0, 0.05) is 39.5 Å². The van der Waals surface area contributed by atoms with Crippen LogP contribution >= 0.6 is 0 Å². The molecule has 0 saturated heterocycles. The second-order valence-corrected chi connectivity index (χ2v) is 13.3. The number of nitrogens with zero attached hydrogens (tertiary/aromatic N) is 6. The fraction of sp³-hybridized carbons (Fsp3) is 0.0455. The molecule has 0 N–H and O–H groups in total. The molecule has 5 aromatic carbocycles. The number of imidazole rings is 2.